The van der Waals surface area contributed by atoms with E-state index in [9.17, 15) is 0 Å². The van der Waals surface area contributed by atoms with Gasteiger partial charge in [-0.05, 0) is 6.16 Å². The van der Waals surface area contributed by atoms with Crippen molar-refractivity contribution in [3.8, 4) is 0 Å². The molecule has 6 heavy (non-hydrogen) atoms. The third kappa shape index (κ3) is 8.97. The third-order valence-electron chi connectivity index (χ3n) is 0.558. The molecule has 0 N–H and O–H groups in total. The molecule has 1 unspecified atom stereocenters. The molecule has 0 aromatic rings. The van der Waals surface area contributed by atoms with E-state index in [1.165, 1.54) is 19.0 Å². The van der Waals surface area contributed by atoms with Crippen LogP contribution in [0.15, 0.2) is 0 Å². The van der Waals surface area contributed by atoms with Crippen molar-refractivity contribution in [2.45, 2.75) is 19.8 Å². The summed E-state index contributed by atoms with van der Waals surface area (Å²) < 4.78 is 0. The number of unbranched alkanes of at least 4 members (excludes halogenated alkanes) is 1. The molecule has 0 aromatic heterocycles. The van der Waals surface area contributed by atoms with Crippen LogP contribution in [-0.2, 0) is 0 Å². The van der Waals surface area contributed by atoms with Crippen LogP contribution in [0.4, 0.5) is 0 Å². The second-order valence-corrected chi connectivity index (χ2v) is 1.72. The number of rotatable bonds is 2. The molecule has 0 aliphatic heterocycles. The summed E-state index contributed by atoms with van der Waals surface area (Å²) in [6, 6.07) is 0. The fraction of sp³-hybridized carbons (Fsp3) is 1.00. The van der Waals surface area contributed by atoms with E-state index >= 15 is 0 Å². The minimum atomic E-state index is 0. The molecule has 0 rings (SSSR count). The number of hydrogen-bond donors (Lipinski definition) is 0. The van der Waals surface area contributed by atoms with Gasteiger partial charge in [0.15, 0.2) is 0 Å². The first-order valence-electron chi connectivity index (χ1n) is 2.12. The minimum absolute atomic E-state index is 0. The van der Waals surface area contributed by atoms with Crippen LogP contribution >= 0.6 is 9.24 Å². The second kappa shape index (κ2) is 9.52. The summed E-state index contributed by atoms with van der Waals surface area (Å²) in [6.45, 7) is 2.20. The van der Waals surface area contributed by atoms with Crippen molar-refractivity contribution in [2.24, 2.45) is 0 Å². The van der Waals surface area contributed by atoms with Gasteiger partial charge in [-0.2, -0.15) is 0 Å². The molecule has 0 aliphatic carbocycles. The van der Waals surface area contributed by atoms with Crippen LogP contribution in [0.1, 0.15) is 19.8 Å². The maximum Gasteiger partial charge on any atom is 0 e. The van der Waals surface area contributed by atoms with Gasteiger partial charge in [-0.15, -0.1) is 9.24 Å². The van der Waals surface area contributed by atoms with Gasteiger partial charge in [0.05, 0.1) is 0 Å². The van der Waals surface area contributed by atoms with Crippen LogP contribution in [0.25, 0.3) is 0 Å². The molecule has 0 amide bonds. The van der Waals surface area contributed by atoms with E-state index in [1.807, 2.05) is 0 Å². The second-order valence-electron chi connectivity index (χ2n) is 1.14. The minimum Gasteiger partial charge on any atom is -0.138 e. The molecule has 0 aliphatic rings. The molecule has 0 spiro atoms. The van der Waals surface area contributed by atoms with Crippen molar-refractivity contribution in [3.05, 3.63) is 0 Å². The van der Waals surface area contributed by atoms with Crippen molar-refractivity contribution in [1.29, 1.82) is 0 Å². The van der Waals surface area contributed by atoms with Crippen LogP contribution in [0, 0.1) is 0 Å². The summed E-state index contributed by atoms with van der Waals surface area (Å²) in [5.41, 5.74) is 0. The van der Waals surface area contributed by atoms with Gasteiger partial charge in [0, 0.05) is 23.9 Å². The first-order chi connectivity index (χ1) is 2.41. The van der Waals surface area contributed by atoms with E-state index < -0.39 is 0 Å². The van der Waals surface area contributed by atoms with Gasteiger partial charge in [-0.25, -0.2) is 0 Å². The van der Waals surface area contributed by atoms with E-state index in [-0.39, 0.29) is 23.9 Å². The molecule has 0 bridgehead atoms. The molecule has 0 heterocycles. The fourth-order valence-electron chi connectivity index (χ4n) is 0.204. The smallest absolute Gasteiger partial charge is 0 e. The van der Waals surface area contributed by atoms with E-state index in [0.717, 1.165) is 0 Å². The largest absolute Gasteiger partial charge is 0.138 e. The topological polar surface area (TPSA) is 0 Å². The Bertz CT molecular complexity index is 15.0. The Kier molecular flexibility index (Phi) is 16.3. The Hall–Kier alpha value is 1.23. The van der Waals surface area contributed by atoms with Gasteiger partial charge in [-0.1, -0.05) is 19.8 Å². The molecular formula is C4H11PSn. The first kappa shape index (κ1) is 10.3. The van der Waals surface area contributed by atoms with Gasteiger partial charge in [0.25, 0.3) is 0 Å². The van der Waals surface area contributed by atoms with Gasteiger partial charge in [-0.3, -0.25) is 0 Å². The summed E-state index contributed by atoms with van der Waals surface area (Å²) in [5, 5.41) is 0. The molecule has 4 radical (unpaired) electrons. The maximum atomic E-state index is 2.70. The molecule has 36 valence electrons. The van der Waals surface area contributed by atoms with Crippen LogP contribution in [0.3, 0.4) is 0 Å². The van der Waals surface area contributed by atoms with Gasteiger partial charge >= 0.3 is 0 Å². The molecule has 0 fully saturated rings. The zero-order valence-electron chi connectivity index (χ0n) is 4.20. The van der Waals surface area contributed by atoms with Crippen molar-refractivity contribution >= 4 is 33.1 Å². The fourth-order valence-corrected chi connectivity index (χ4v) is 0.612. The zero-order chi connectivity index (χ0) is 4.12. The molecule has 0 saturated heterocycles. The average molecular weight is 209 g/mol. The molecule has 0 saturated carbocycles. The Labute approximate surface area is 59.2 Å². The monoisotopic (exact) mass is 210 g/mol. The number of hydrogen-bond acceptors (Lipinski definition) is 0. The van der Waals surface area contributed by atoms with Gasteiger partial charge in [0.2, 0.25) is 0 Å². The SMILES string of the molecule is CCCCP.[Sn]. The summed E-state index contributed by atoms with van der Waals surface area (Å²) in [4.78, 5) is 0. The zero-order valence-corrected chi connectivity index (χ0v) is 8.21. The van der Waals surface area contributed by atoms with E-state index in [4.69, 9.17) is 0 Å². The van der Waals surface area contributed by atoms with Gasteiger partial charge in [0.1, 0.15) is 0 Å². The van der Waals surface area contributed by atoms with E-state index in [2.05, 4.69) is 16.2 Å². The summed E-state index contributed by atoms with van der Waals surface area (Å²) in [7, 11) is 2.70. The normalized spacial score (nSPS) is 7.00. The van der Waals surface area contributed by atoms with Crippen molar-refractivity contribution in [3.63, 3.8) is 0 Å². The standard InChI is InChI=1S/C4H11P.Sn/c1-2-3-4-5;/h2-5H2,1H3;. The third-order valence-corrected chi connectivity index (χ3v) is 0.966. The molecule has 2 heteroatoms. The van der Waals surface area contributed by atoms with Crippen molar-refractivity contribution in [2.75, 3.05) is 6.16 Å². The Morgan fingerprint density at radius 3 is 2.00 bits per heavy atom. The van der Waals surface area contributed by atoms with Crippen molar-refractivity contribution in [1.82, 2.24) is 0 Å². The Morgan fingerprint density at radius 2 is 2.00 bits per heavy atom. The Balaban J connectivity index is 0. The molecule has 0 aromatic carbocycles. The Morgan fingerprint density at radius 1 is 1.50 bits per heavy atom. The molecule has 1 atom stereocenters. The molecular weight excluding hydrogens is 198 g/mol. The summed E-state index contributed by atoms with van der Waals surface area (Å²) >= 11 is 0. The first-order valence-corrected chi connectivity index (χ1v) is 2.93. The summed E-state index contributed by atoms with van der Waals surface area (Å²) in [6.07, 6.45) is 3.94. The average Bonchev–Trinajstić information content (AvgIpc) is 1.41. The van der Waals surface area contributed by atoms with Crippen molar-refractivity contribution < 1.29 is 0 Å². The molecule has 0 nitrogen and oxygen atoms in total. The predicted octanol–water partition coefficient (Wildman–Crippen LogP) is 1.28. The quantitative estimate of drug-likeness (QED) is 0.474. The van der Waals surface area contributed by atoms with Crippen LogP contribution in [0.2, 0.25) is 0 Å². The van der Waals surface area contributed by atoms with E-state index in [0.29, 0.717) is 0 Å². The summed E-state index contributed by atoms with van der Waals surface area (Å²) in [5.74, 6) is 0. The van der Waals surface area contributed by atoms with Crippen LogP contribution < -0.4 is 0 Å². The van der Waals surface area contributed by atoms with Crippen LogP contribution in [-0.4, -0.2) is 30.1 Å². The van der Waals surface area contributed by atoms with E-state index in [1.54, 1.807) is 0 Å². The van der Waals surface area contributed by atoms with Crippen LogP contribution in [0.5, 0.6) is 0 Å². The predicted molar refractivity (Wildman–Crippen MR) is 35.2 cm³/mol. The van der Waals surface area contributed by atoms with Gasteiger partial charge < -0.3 is 0 Å². The maximum absolute atomic E-state index is 2.70.